The fourth-order valence-electron chi connectivity index (χ4n) is 6.07. The Morgan fingerprint density at radius 1 is 1.04 bits per heavy atom. The Hall–Kier alpha value is -2.02. The molecule has 4 atom stereocenters. The number of ether oxygens (including phenoxy) is 1. The zero-order chi connectivity index (χ0) is 34.3. The normalized spacial score (nSPS) is 23.2. The van der Waals surface area contributed by atoms with Crippen LogP contribution < -0.4 is 0 Å². The molecule has 10 heteroatoms. The van der Waals surface area contributed by atoms with E-state index in [9.17, 15) is 10.1 Å². The number of carbonyl (C=O) groups is 1. The summed E-state index contributed by atoms with van der Waals surface area (Å²) >= 11 is 12.5. The van der Waals surface area contributed by atoms with E-state index in [-0.39, 0.29) is 44.8 Å². The van der Waals surface area contributed by atoms with Gasteiger partial charge < -0.3 is 9.16 Å². The molecule has 1 aliphatic heterocycles. The van der Waals surface area contributed by atoms with Gasteiger partial charge in [-0.25, -0.2) is 8.78 Å². The summed E-state index contributed by atoms with van der Waals surface area (Å²) < 4.78 is 44.9. The van der Waals surface area contributed by atoms with Crippen molar-refractivity contribution in [3.8, 4) is 6.07 Å². The Balaban J connectivity index is 2.43. The molecule has 2 aromatic carbocycles. The van der Waals surface area contributed by atoms with E-state index in [0.29, 0.717) is 6.42 Å². The highest BCUT2D eigenvalue weighted by atomic mass is 35.5. The summed E-state index contributed by atoms with van der Waals surface area (Å²) in [5.74, 6) is -3.30. The van der Waals surface area contributed by atoms with E-state index in [4.69, 9.17) is 32.4 Å². The van der Waals surface area contributed by atoms with Crippen LogP contribution in [0.3, 0.4) is 0 Å². The summed E-state index contributed by atoms with van der Waals surface area (Å²) in [4.78, 5) is 16.3. The highest BCUT2D eigenvalue weighted by molar-refractivity contribution is 6.74. The molecule has 0 bridgehead atoms. The molecule has 5 nitrogen and oxygen atoms in total. The lowest BCUT2D eigenvalue weighted by molar-refractivity contribution is -0.161. The molecule has 45 heavy (non-hydrogen) atoms. The number of esters is 1. The second kappa shape index (κ2) is 13.2. The Kier molecular flexibility index (Phi) is 11.0. The Morgan fingerprint density at radius 3 is 2.18 bits per heavy atom. The van der Waals surface area contributed by atoms with Gasteiger partial charge in [-0.3, -0.25) is 9.69 Å². The molecule has 1 fully saturated rings. The lowest BCUT2D eigenvalue weighted by atomic mass is 9.62. The summed E-state index contributed by atoms with van der Waals surface area (Å²) in [7, 11) is -2.21. The van der Waals surface area contributed by atoms with Gasteiger partial charge in [-0.15, -0.1) is 0 Å². The molecule has 0 saturated carbocycles. The average Bonchev–Trinajstić information content (AvgIpc) is 3.12. The van der Waals surface area contributed by atoms with E-state index in [0.717, 1.165) is 6.07 Å². The number of halogens is 4. The monoisotopic (exact) mass is 680 g/mol. The zero-order valence-corrected chi connectivity index (χ0v) is 31.0. The number of nitriles is 1. The Morgan fingerprint density at radius 2 is 1.67 bits per heavy atom. The molecule has 0 spiro atoms. The number of likely N-dealkylation sites (tertiary alicyclic amines) is 1. The lowest BCUT2D eigenvalue weighted by Gasteiger charge is -2.40. The minimum atomic E-state index is -2.21. The van der Waals surface area contributed by atoms with Crippen molar-refractivity contribution in [3.63, 3.8) is 0 Å². The molecule has 248 valence electrons. The summed E-state index contributed by atoms with van der Waals surface area (Å²) in [5.41, 5.74) is -2.93. The van der Waals surface area contributed by atoms with Crippen molar-refractivity contribution >= 4 is 37.5 Å². The van der Waals surface area contributed by atoms with Crippen LogP contribution in [-0.2, 0) is 19.4 Å². The maximum absolute atomic E-state index is 16.2. The number of benzene rings is 2. The maximum Gasteiger partial charge on any atom is 0.324 e. The van der Waals surface area contributed by atoms with Crippen LogP contribution in [0.15, 0.2) is 36.4 Å². The summed E-state index contributed by atoms with van der Waals surface area (Å²) in [6, 6.07) is 9.20. The van der Waals surface area contributed by atoms with Gasteiger partial charge in [0.15, 0.2) is 8.32 Å². The fourth-order valence-corrected chi connectivity index (χ4v) is 7.44. The number of nitrogens with zero attached hydrogens (tertiary/aromatic N) is 2. The van der Waals surface area contributed by atoms with Crippen LogP contribution in [0.5, 0.6) is 0 Å². The maximum atomic E-state index is 16.2. The molecule has 0 radical (unpaired) electrons. The van der Waals surface area contributed by atoms with Crippen LogP contribution in [0.4, 0.5) is 8.78 Å². The molecule has 0 amide bonds. The van der Waals surface area contributed by atoms with E-state index in [1.807, 2.05) is 25.7 Å². The lowest BCUT2D eigenvalue weighted by Crippen LogP contribution is -2.50. The summed E-state index contributed by atoms with van der Waals surface area (Å²) in [6.45, 7) is 22.5. The van der Waals surface area contributed by atoms with E-state index < -0.39 is 54.9 Å². The molecule has 0 aliphatic carbocycles. The van der Waals surface area contributed by atoms with Crippen molar-refractivity contribution in [1.29, 1.82) is 5.26 Å². The standard InChI is InChI=1S/C35H48Cl2F2N2O3Si/c1-32(2,3)20-27-35(21-40,24-16-15-22(36)19-26(24)38)28(23-13-12-14-25(37)29(23)39)30(31(42)44-33(4,5)6)41(27)17-18-43-45(10,11)34(7,8)9/h12-16,19,27-28,30H,17-18,20H2,1-11H3/t27-,28-,30?,35-/m0/s1. The van der Waals surface area contributed by atoms with E-state index in [1.54, 1.807) is 26.8 Å². The predicted octanol–water partition coefficient (Wildman–Crippen LogP) is 9.67. The summed E-state index contributed by atoms with van der Waals surface area (Å²) in [5, 5.41) is 11.3. The molecule has 0 N–H and O–H groups in total. The van der Waals surface area contributed by atoms with Crippen molar-refractivity contribution in [2.45, 2.75) is 116 Å². The second-order valence-corrected chi connectivity index (χ2v) is 21.5. The number of hydrogen-bond donors (Lipinski definition) is 0. The van der Waals surface area contributed by atoms with Gasteiger partial charge in [0.25, 0.3) is 0 Å². The van der Waals surface area contributed by atoms with E-state index in [1.165, 1.54) is 24.3 Å². The summed E-state index contributed by atoms with van der Waals surface area (Å²) in [6.07, 6.45) is 0.376. The Bertz CT molecular complexity index is 1440. The minimum Gasteiger partial charge on any atom is -0.459 e. The van der Waals surface area contributed by atoms with Crippen LogP contribution in [-0.4, -0.2) is 50.0 Å². The van der Waals surface area contributed by atoms with Crippen molar-refractivity contribution in [2.24, 2.45) is 5.41 Å². The van der Waals surface area contributed by atoms with Crippen molar-refractivity contribution in [2.75, 3.05) is 13.2 Å². The van der Waals surface area contributed by atoms with Crippen LogP contribution >= 0.6 is 23.2 Å². The van der Waals surface area contributed by atoms with Crippen LogP contribution in [0.25, 0.3) is 0 Å². The van der Waals surface area contributed by atoms with Gasteiger partial charge in [-0.05, 0) is 74.5 Å². The van der Waals surface area contributed by atoms with Crippen LogP contribution in [0.1, 0.15) is 85.8 Å². The van der Waals surface area contributed by atoms with E-state index >= 15 is 8.78 Å². The first-order valence-corrected chi connectivity index (χ1v) is 19.1. The number of carbonyl (C=O) groups excluding carboxylic acids is 1. The first-order valence-electron chi connectivity index (χ1n) is 15.4. The smallest absolute Gasteiger partial charge is 0.324 e. The molecular formula is C35H48Cl2F2N2O3Si. The SMILES string of the molecule is CC(C)(C)C[C@@H]1N(CCO[Si](C)(C)C(C)(C)C)C(C(=O)OC(C)(C)C)[C@H](c2cccc(Cl)c2F)[C@@]1(C#N)c1ccc(Cl)cc1F. The molecule has 0 aromatic heterocycles. The van der Waals surface area contributed by atoms with Crippen LogP contribution in [0, 0.1) is 28.4 Å². The first-order chi connectivity index (χ1) is 20.5. The number of rotatable bonds is 8. The van der Waals surface area contributed by atoms with Gasteiger partial charge in [0.1, 0.15) is 28.7 Å². The van der Waals surface area contributed by atoms with Gasteiger partial charge in [0.2, 0.25) is 0 Å². The molecule has 2 aromatic rings. The molecule has 1 unspecified atom stereocenters. The van der Waals surface area contributed by atoms with Gasteiger partial charge in [-0.2, -0.15) is 5.26 Å². The first kappa shape index (κ1) is 37.4. The average molecular weight is 682 g/mol. The topological polar surface area (TPSA) is 62.6 Å². The minimum absolute atomic E-state index is 0.0365. The zero-order valence-electron chi connectivity index (χ0n) is 28.4. The number of hydrogen-bond acceptors (Lipinski definition) is 5. The third kappa shape index (κ3) is 7.93. The van der Waals surface area contributed by atoms with Gasteiger partial charge in [-0.1, -0.05) is 82.9 Å². The van der Waals surface area contributed by atoms with E-state index in [2.05, 4.69) is 39.9 Å². The molecule has 1 saturated heterocycles. The Labute approximate surface area is 279 Å². The molecule has 3 rings (SSSR count). The quantitative estimate of drug-likeness (QED) is 0.205. The largest absolute Gasteiger partial charge is 0.459 e. The molecular weight excluding hydrogens is 633 g/mol. The highest BCUT2D eigenvalue weighted by Gasteiger charge is 2.65. The molecule has 1 heterocycles. The molecule has 1 aliphatic rings. The van der Waals surface area contributed by atoms with Gasteiger partial charge >= 0.3 is 5.97 Å². The fraction of sp³-hybridized carbons (Fsp3) is 0.600. The third-order valence-electron chi connectivity index (χ3n) is 9.04. The van der Waals surface area contributed by atoms with Crippen LogP contribution in [0.2, 0.25) is 28.2 Å². The van der Waals surface area contributed by atoms with Crippen molar-refractivity contribution < 1.29 is 22.7 Å². The third-order valence-corrected chi connectivity index (χ3v) is 14.1. The predicted molar refractivity (Wildman–Crippen MR) is 180 cm³/mol. The van der Waals surface area contributed by atoms with Gasteiger partial charge in [0, 0.05) is 35.7 Å². The van der Waals surface area contributed by atoms with Crippen molar-refractivity contribution in [1.82, 2.24) is 4.90 Å². The van der Waals surface area contributed by atoms with Crippen molar-refractivity contribution in [3.05, 3.63) is 69.2 Å². The van der Waals surface area contributed by atoms with Gasteiger partial charge in [0.05, 0.1) is 11.1 Å². The highest BCUT2D eigenvalue weighted by Crippen LogP contribution is 2.57. The second-order valence-electron chi connectivity index (χ2n) is 15.8.